The molecule has 2 aromatic carbocycles. The quantitative estimate of drug-likeness (QED) is 0.652. The van der Waals surface area contributed by atoms with E-state index >= 15 is 0 Å². The number of hydrogen-bond donors (Lipinski definition) is 1. The van der Waals surface area contributed by atoms with Gasteiger partial charge in [0.1, 0.15) is 12.3 Å². The first-order valence-corrected chi connectivity index (χ1v) is 11.3. The van der Waals surface area contributed by atoms with Crippen LogP contribution in [-0.2, 0) is 21.4 Å². The van der Waals surface area contributed by atoms with Crippen LogP contribution in [0.25, 0.3) is 0 Å². The summed E-state index contributed by atoms with van der Waals surface area (Å²) >= 11 is 0. The SMILES string of the molecule is CCS(=O)(=O)N(CC(=O)NCc1ccc(OC(C)C)cc1)c1ccc2c(c1)OCO2. The summed E-state index contributed by atoms with van der Waals surface area (Å²) in [6.45, 7) is 5.47. The molecular formula is C21H26N2O6S. The van der Waals surface area contributed by atoms with Crippen LogP contribution in [0.1, 0.15) is 26.3 Å². The lowest BCUT2D eigenvalue weighted by atomic mass is 10.2. The van der Waals surface area contributed by atoms with Gasteiger partial charge in [-0.2, -0.15) is 0 Å². The van der Waals surface area contributed by atoms with Crippen molar-refractivity contribution in [2.24, 2.45) is 0 Å². The van der Waals surface area contributed by atoms with Gasteiger partial charge in [0.2, 0.25) is 22.7 Å². The third-order valence-electron chi connectivity index (χ3n) is 4.42. The monoisotopic (exact) mass is 434 g/mol. The fourth-order valence-corrected chi connectivity index (χ4v) is 3.95. The number of nitrogens with zero attached hydrogens (tertiary/aromatic N) is 1. The van der Waals surface area contributed by atoms with Gasteiger partial charge in [-0.25, -0.2) is 8.42 Å². The van der Waals surface area contributed by atoms with Crippen molar-refractivity contribution in [3.05, 3.63) is 48.0 Å². The highest BCUT2D eigenvalue weighted by molar-refractivity contribution is 7.92. The van der Waals surface area contributed by atoms with Crippen molar-refractivity contribution in [3.8, 4) is 17.2 Å². The molecule has 8 nitrogen and oxygen atoms in total. The highest BCUT2D eigenvalue weighted by Gasteiger charge is 2.25. The smallest absolute Gasteiger partial charge is 0.241 e. The van der Waals surface area contributed by atoms with Crippen LogP contribution in [0.3, 0.4) is 0 Å². The lowest BCUT2D eigenvalue weighted by Gasteiger charge is -2.23. The van der Waals surface area contributed by atoms with Gasteiger partial charge in [0, 0.05) is 12.6 Å². The average molecular weight is 435 g/mol. The third-order valence-corrected chi connectivity index (χ3v) is 6.16. The summed E-state index contributed by atoms with van der Waals surface area (Å²) in [5, 5.41) is 2.77. The third kappa shape index (κ3) is 5.35. The number of carbonyl (C=O) groups excluding carboxylic acids is 1. The zero-order valence-corrected chi connectivity index (χ0v) is 18.1. The number of anilines is 1. The Bertz CT molecular complexity index is 989. The Kier molecular flexibility index (Phi) is 6.71. The molecule has 1 amide bonds. The Morgan fingerprint density at radius 1 is 1.13 bits per heavy atom. The number of carbonyl (C=O) groups is 1. The van der Waals surface area contributed by atoms with Crippen molar-refractivity contribution in [1.29, 1.82) is 0 Å². The molecule has 0 spiro atoms. The van der Waals surface area contributed by atoms with Gasteiger partial charge in [-0.3, -0.25) is 9.10 Å². The van der Waals surface area contributed by atoms with Crippen LogP contribution in [0, 0.1) is 0 Å². The Morgan fingerprint density at radius 3 is 2.50 bits per heavy atom. The van der Waals surface area contributed by atoms with E-state index in [2.05, 4.69) is 5.32 Å². The standard InChI is InChI=1S/C21H26N2O6S/c1-4-30(25,26)23(17-7-10-19-20(11-17)28-14-27-19)13-21(24)22-12-16-5-8-18(9-6-16)29-15(2)3/h5-11,15H,4,12-14H2,1-3H3,(H,22,24). The van der Waals surface area contributed by atoms with Gasteiger partial charge in [-0.1, -0.05) is 12.1 Å². The van der Waals surface area contributed by atoms with Gasteiger partial charge in [0.15, 0.2) is 11.5 Å². The van der Waals surface area contributed by atoms with Crippen LogP contribution in [0.4, 0.5) is 5.69 Å². The molecule has 30 heavy (non-hydrogen) atoms. The van der Waals surface area contributed by atoms with E-state index in [0.29, 0.717) is 17.2 Å². The zero-order chi connectivity index (χ0) is 21.7. The molecule has 0 bridgehead atoms. The van der Waals surface area contributed by atoms with Crippen molar-refractivity contribution in [1.82, 2.24) is 5.32 Å². The maximum atomic E-state index is 12.6. The second-order valence-electron chi connectivity index (χ2n) is 7.03. The number of sulfonamides is 1. The average Bonchev–Trinajstić information content (AvgIpc) is 3.18. The number of fused-ring (bicyclic) bond motifs is 1. The molecule has 0 aromatic heterocycles. The lowest BCUT2D eigenvalue weighted by molar-refractivity contribution is -0.119. The number of rotatable bonds is 9. The van der Waals surface area contributed by atoms with Crippen LogP contribution in [0.2, 0.25) is 0 Å². The summed E-state index contributed by atoms with van der Waals surface area (Å²) in [6, 6.07) is 12.2. The second kappa shape index (κ2) is 9.25. The van der Waals surface area contributed by atoms with Crippen molar-refractivity contribution in [2.45, 2.75) is 33.4 Å². The van der Waals surface area contributed by atoms with E-state index in [-0.39, 0.29) is 31.7 Å². The molecule has 0 radical (unpaired) electrons. The molecule has 0 unspecified atom stereocenters. The normalized spacial score (nSPS) is 12.7. The molecule has 0 saturated heterocycles. The van der Waals surface area contributed by atoms with E-state index < -0.39 is 15.9 Å². The van der Waals surface area contributed by atoms with E-state index in [0.717, 1.165) is 15.6 Å². The molecule has 9 heteroatoms. The van der Waals surface area contributed by atoms with Gasteiger partial charge in [0.05, 0.1) is 17.5 Å². The summed E-state index contributed by atoms with van der Waals surface area (Å²) in [4.78, 5) is 12.5. The molecule has 1 N–H and O–H groups in total. The Hall–Kier alpha value is -2.94. The number of hydrogen-bond acceptors (Lipinski definition) is 6. The van der Waals surface area contributed by atoms with Crippen molar-refractivity contribution < 1.29 is 27.4 Å². The van der Waals surface area contributed by atoms with Crippen molar-refractivity contribution in [2.75, 3.05) is 23.4 Å². The molecule has 1 aliphatic rings. The van der Waals surface area contributed by atoms with Crippen LogP contribution in [0.5, 0.6) is 17.2 Å². The van der Waals surface area contributed by atoms with Gasteiger partial charge in [-0.05, 0) is 50.6 Å². The van der Waals surface area contributed by atoms with Gasteiger partial charge >= 0.3 is 0 Å². The second-order valence-corrected chi connectivity index (χ2v) is 9.21. The van der Waals surface area contributed by atoms with Crippen LogP contribution >= 0.6 is 0 Å². The Morgan fingerprint density at radius 2 is 1.83 bits per heavy atom. The predicted molar refractivity (Wildman–Crippen MR) is 113 cm³/mol. The fourth-order valence-electron chi connectivity index (χ4n) is 2.89. The van der Waals surface area contributed by atoms with Crippen molar-refractivity contribution in [3.63, 3.8) is 0 Å². The predicted octanol–water partition coefficient (Wildman–Crippen LogP) is 2.68. The minimum absolute atomic E-state index is 0.0817. The molecule has 0 fully saturated rings. The fraction of sp³-hybridized carbons (Fsp3) is 0.381. The number of benzene rings is 2. The molecular weight excluding hydrogens is 408 g/mol. The van der Waals surface area contributed by atoms with Crippen molar-refractivity contribution >= 4 is 21.6 Å². The van der Waals surface area contributed by atoms with Crippen LogP contribution in [0.15, 0.2) is 42.5 Å². The van der Waals surface area contributed by atoms with Crippen LogP contribution in [-0.4, -0.2) is 39.5 Å². The number of ether oxygens (including phenoxy) is 3. The van der Waals surface area contributed by atoms with E-state index in [1.807, 2.05) is 38.1 Å². The van der Waals surface area contributed by atoms with E-state index in [1.165, 1.54) is 6.92 Å². The first kappa shape index (κ1) is 21.8. The first-order chi connectivity index (χ1) is 14.3. The molecule has 162 valence electrons. The lowest BCUT2D eigenvalue weighted by Crippen LogP contribution is -2.41. The highest BCUT2D eigenvalue weighted by Crippen LogP contribution is 2.36. The van der Waals surface area contributed by atoms with Gasteiger partial charge < -0.3 is 19.5 Å². The zero-order valence-electron chi connectivity index (χ0n) is 17.3. The summed E-state index contributed by atoms with van der Waals surface area (Å²) in [6.07, 6.45) is 0.0817. The maximum Gasteiger partial charge on any atom is 0.241 e. The maximum absolute atomic E-state index is 12.6. The Labute approximate surface area is 176 Å². The summed E-state index contributed by atoms with van der Waals surface area (Å²) < 4.78 is 42.5. The molecule has 1 heterocycles. The van der Waals surface area contributed by atoms with E-state index in [9.17, 15) is 13.2 Å². The number of amides is 1. The first-order valence-electron chi connectivity index (χ1n) is 9.71. The van der Waals surface area contributed by atoms with E-state index in [1.54, 1.807) is 18.2 Å². The largest absolute Gasteiger partial charge is 0.491 e. The Balaban J connectivity index is 1.67. The molecule has 1 aliphatic heterocycles. The highest BCUT2D eigenvalue weighted by atomic mass is 32.2. The van der Waals surface area contributed by atoms with Gasteiger partial charge in [0.25, 0.3) is 0 Å². The molecule has 3 rings (SSSR count). The van der Waals surface area contributed by atoms with E-state index in [4.69, 9.17) is 14.2 Å². The van der Waals surface area contributed by atoms with Gasteiger partial charge in [-0.15, -0.1) is 0 Å². The summed E-state index contributed by atoms with van der Waals surface area (Å²) in [7, 11) is -3.67. The molecule has 0 saturated carbocycles. The molecule has 2 aromatic rings. The summed E-state index contributed by atoms with van der Waals surface area (Å²) in [5.41, 5.74) is 1.24. The topological polar surface area (TPSA) is 94.2 Å². The molecule has 0 atom stereocenters. The minimum Gasteiger partial charge on any atom is -0.491 e. The molecule has 0 aliphatic carbocycles. The van der Waals surface area contributed by atoms with Crippen LogP contribution < -0.4 is 23.8 Å². The summed E-state index contributed by atoms with van der Waals surface area (Å²) in [5.74, 6) is 1.21. The number of nitrogens with one attached hydrogen (secondary N) is 1. The minimum atomic E-state index is -3.67.